The van der Waals surface area contributed by atoms with E-state index in [-0.39, 0.29) is 5.91 Å². The number of hydrogen-bond donors (Lipinski definition) is 1. The van der Waals surface area contributed by atoms with Crippen LogP contribution in [0.2, 0.25) is 0 Å². The molecule has 0 aliphatic heterocycles. The fourth-order valence-corrected chi connectivity index (χ4v) is 1.32. The summed E-state index contributed by atoms with van der Waals surface area (Å²) in [5, 5.41) is 6.75. The van der Waals surface area contributed by atoms with Crippen molar-refractivity contribution >= 4 is 17.5 Å². The van der Waals surface area contributed by atoms with Crippen molar-refractivity contribution in [3.05, 3.63) is 17.5 Å². The molecule has 0 spiro atoms. The Morgan fingerprint density at radius 1 is 1.62 bits per heavy atom. The number of carbonyl (C=O) groups is 1. The number of rotatable bonds is 6. The van der Waals surface area contributed by atoms with E-state index >= 15 is 0 Å². The second-order valence-electron chi connectivity index (χ2n) is 3.32. The highest BCUT2D eigenvalue weighted by Crippen LogP contribution is 2.04. The molecule has 0 bridgehead atoms. The molecule has 0 aliphatic carbocycles. The van der Waals surface area contributed by atoms with Crippen LogP contribution in [0.25, 0.3) is 0 Å². The van der Waals surface area contributed by atoms with Gasteiger partial charge in [0, 0.05) is 25.2 Å². The normalized spacial score (nSPS) is 10.4. The summed E-state index contributed by atoms with van der Waals surface area (Å²) in [5.74, 6) is 0.343. The molecule has 1 rings (SSSR count). The Labute approximate surface area is 99.7 Å². The van der Waals surface area contributed by atoms with Crippen molar-refractivity contribution in [3.8, 4) is 0 Å². The molecule has 0 fully saturated rings. The van der Waals surface area contributed by atoms with Gasteiger partial charge in [-0.25, -0.2) is 0 Å². The molecule has 0 atom stereocenters. The monoisotopic (exact) mass is 245 g/mol. The lowest BCUT2D eigenvalue weighted by molar-refractivity contribution is 0.0923. The minimum Gasteiger partial charge on any atom is -0.378 e. The van der Waals surface area contributed by atoms with Gasteiger partial charge in [0.2, 0.25) is 0 Å². The highest BCUT2D eigenvalue weighted by molar-refractivity contribution is 6.17. The third-order valence-corrected chi connectivity index (χ3v) is 2.39. The van der Waals surface area contributed by atoms with E-state index in [4.69, 9.17) is 16.3 Å². The van der Waals surface area contributed by atoms with Crippen LogP contribution in [0.5, 0.6) is 0 Å². The molecule has 90 valence electrons. The maximum atomic E-state index is 11.7. The number of hydrogen-bond acceptors (Lipinski definition) is 3. The van der Waals surface area contributed by atoms with Crippen molar-refractivity contribution in [1.29, 1.82) is 0 Å². The Bertz CT molecular complexity index is 352. The molecule has 0 aliphatic rings. The summed E-state index contributed by atoms with van der Waals surface area (Å²) in [4.78, 5) is 11.7. The number of aryl methyl sites for hydroxylation is 1. The molecule has 6 heteroatoms. The van der Waals surface area contributed by atoms with Crippen LogP contribution in [0.15, 0.2) is 6.20 Å². The summed E-state index contributed by atoms with van der Waals surface area (Å²) < 4.78 is 6.80. The van der Waals surface area contributed by atoms with Crippen LogP contribution in [0.4, 0.5) is 0 Å². The number of ether oxygens (including phenoxy) is 1. The largest absolute Gasteiger partial charge is 0.378 e. The number of nitrogens with one attached hydrogen (secondary N) is 1. The average Bonchev–Trinajstić information content (AvgIpc) is 2.59. The molecule has 1 heterocycles. The lowest BCUT2D eigenvalue weighted by atomic mass is 10.2. The number of alkyl halides is 1. The highest BCUT2D eigenvalue weighted by Gasteiger charge is 2.11. The Morgan fingerprint density at radius 3 is 2.94 bits per heavy atom. The first-order chi connectivity index (χ1) is 7.66. The SMILES string of the molecule is Cc1c(C(=O)NCCOCCCl)cnn1C. The van der Waals surface area contributed by atoms with E-state index in [1.807, 2.05) is 6.92 Å². The van der Waals surface area contributed by atoms with Crippen molar-refractivity contribution in [1.82, 2.24) is 15.1 Å². The Balaban J connectivity index is 2.33. The predicted octanol–water partition coefficient (Wildman–Crippen LogP) is 0.714. The second kappa shape index (κ2) is 6.50. The van der Waals surface area contributed by atoms with Gasteiger partial charge in [0.25, 0.3) is 5.91 Å². The van der Waals surface area contributed by atoms with Gasteiger partial charge in [0.05, 0.1) is 25.0 Å². The predicted molar refractivity (Wildman–Crippen MR) is 61.8 cm³/mol. The number of nitrogens with zero attached hydrogens (tertiary/aromatic N) is 2. The van der Waals surface area contributed by atoms with Gasteiger partial charge in [-0.2, -0.15) is 5.10 Å². The van der Waals surface area contributed by atoms with E-state index in [0.717, 1.165) is 5.69 Å². The molecule has 0 aromatic carbocycles. The molecule has 0 unspecified atom stereocenters. The lowest BCUT2D eigenvalue weighted by Gasteiger charge is -2.05. The molecule has 1 aromatic rings. The van der Waals surface area contributed by atoms with Crippen LogP contribution in [0.1, 0.15) is 16.1 Å². The molecule has 5 nitrogen and oxygen atoms in total. The zero-order valence-corrected chi connectivity index (χ0v) is 10.3. The van der Waals surface area contributed by atoms with E-state index in [1.165, 1.54) is 0 Å². The Kier molecular flexibility index (Phi) is 5.28. The molecular weight excluding hydrogens is 230 g/mol. The molecule has 0 saturated heterocycles. The molecule has 1 amide bonds. The molecule has 16 heavy (non-hydrogen) atoms. The Hall–Kier alpha value is -1.07. The van der Waals surface area contributed by atoms with Gasteiger partial charge >= 0.3 is 0 Å². The lowest BCUT2D eigenvalue weighted by Crippen LogP contribution is -2.27. The van der Waals surface area contributed by atoms with Gasteiger partial charge < -0.3 is 10.1 Å². The summed E-state index contributed by atoms with van der Waals surface area (Å²) in [6.07, 6.45) is 1.56. The van der Waals surface area contributed by atoms with E-state index < -0.39 is 0 Å². The Morgan fingerprint density at radius 2 is 2.38 bits per heavy atom. The van der Waals surface area contributed by atoms with E-state index in [9.17, 15) is 4.79 Å². The van der Waals surface area contributed by atoms with Crippen molar-refractivity contribution in [2.24, 2.45) is 7.05 Å². The number of carbonyl (C=O) groups excluding carboxylic acids is 1. The number of aromatic nitrogens is 2. The van der Waals surface area contributed by atoms with Crippen LogP contribution >= 0.6 is 11.6 Å². The summed E-state index contributed by atoms with van der Waals surface area (Å²) in [6.45, 7) is 3.30. The van der Waals surface area contributed by atoms with Gasteiger partial charge in [-0.15, -0.1) is 11.6 Å². The third-order valence-electron chi connectivity index (χ3n) is 2.23. The fraction of sp³-hybridized carbons (Fsp3) is 0.600. The summed E-state index contributed by atoms with van der Waals surface area (Å²) in [6, 6.07) is 0. The molecule has 1 N–H and O–H groups in total. The summed E-state index contributed by atoms with van der Waals surface area (Å²) in [5.41, 5.74) is 1.44. The van der Waals surface area contributed by atoms with E-state index in [1.54, 1.807) is 17.9 Å². The smallest absolute Gasteiger partial charge is 0.254 e. The number of halogens is 1. The van der Waals surface area contributed by atoms with Gasteiger partial charge in [0.15, 0.2) is 0 Å². The van der Waals surface area contributed by atoms with Crippen molar-refractivity contribution in [3.63, 3.8) is 0 Å². The molecule has 0 saturated carbocycles. The molecule has 0 radical (unpaired) electrons. The van der Waals surface area contributed by atoms with Crippen LogP contribution in [-0.4, -0.2) is 41.3 Å². The van der Waals surface area contributed by atoms with Crippen molar-refractivity contribution < 1.29 is 9.53 Å². The second-order valence-corrected chi connectivity index (χ2v) is 3.70. The third kappa shape index (κ3) is 3.50. The van der Waals surface area contributed by atoms with Crippen LogP contribution in [0.3, 0.4) is 0 Å². The highest BCUT2D eigenvalue weighted by atomic mass is 35.5. The zero-order valence-electron chi connectivity index (χ0n) is 9.49. The first-order valence-corrected chi connectivity index (χ1v) is 5.60. The van der Waals surface area contributed by atoms with E-state index in [2.05, 4.69) is 10.4 Å². The van der Waals surface area contributed by atoms with Crippen LogP contribution in [0, 0.1) is 6.92 Å². The average molecular weight is 246 g/mol. The van der Waals surface area contributed by atoms with Crippen LogP contribution < -0.4 is 5.32 Å². The summed E-state index contributed by atoms with van der Waals surface area (Å²) in [7, 11) is 1.80. The number of amides is 1. The van der Waals surface area contributed by atoms with Gasteiger partial charge in [-0.3, -0.25) is 9.48 Å². The van der Waals surface area contributed by atoms with Gasteiger partial charge in [-0.05, 0) is 6.92 Å². The first kappa shape index (κ1) is 13.0. The van der Waals surface area contributed by atoms with Crippen LogP contribution in [-0.2, 0) is 11.8 Å². The first-order valence-electron chi connectivity index (χ1n) is 5.07. The maximum absolute atomic E-state index is 11.7. The topological polar surface area (TPSA) is 56.1 Å². The molecule has 1 aromatic heterocycles. The summed E-state index contributed by atoms with van der Waals surface area (Å²) >= 11 is 5.44. The minimum atomic E-state index is -0.125. The molecular formula is C10H16ClN3O2. The van der Waals surface area contributed by atoms with Gasteiger partial charge in [0.1, 0.15) is 0 Å². The quantitative estimate of drug-likeness (QED) is 0.593. The standard InChI is InChI=1S/C10H16ClN3O2/c1-8-9(7-13-14(8)2)10(15)12-4-6-16-5-3-11/h7H,3-6H2,1-2H3,(H,12,15). The van der Waals surface area contributed by atoms with Gasteiger partial charge in [-0.1, -0.05) is 0 Å². The fourth-order valence-electron chi connectivity index (χ4n) is 1.21. The van der Waals surface area contributed by atoms with Crippen molar-refractivity contribution in [2.75, 3.05) is 25.6 Å². The minimum absolute atomic E-state index is 0.125. The van der Waals surface area contributed by atoms with E-state index in [0.29, 0.717) is 31.2 Å². The zero-order chi connectivity index (χ0) is 12.0. The van der Waals surface area contributed by atoms with Crippen molar-refractivity contribution in [2.45, 2.75) is 6.92 Å². The maximum Gasteiger partial charge on any atom is 0.254 e.